The summed E-state index contributed by atoms with van der Waals surface area (Å²) in [7, 11) is 0. The van der Waals surface area contributed by atoms with Crippen LogP contribution in [0.15, 0.2) is 36.4 Å². The Morgan fingerprint density at radius 3 is 2.33 bits per heavy atom. The molecule has 3 amide bonds. The molecule has 1 spiro atoms. The zero-order valence-electron chi connectivity index (χ0n) is 12.9. The molecule has 4 nitrogen and oxygen atoms in total. The van der Waals surface area contributed by atoms with E-state index >= 15 is 0 Å². The number of carbonyl (C=O) groups is 2. The standard InChI is InChI=1S/C19H15FN2O2/c20-12-5-7-14-13-6-4-11(10-2-1-3-10)8-15(13)19(16(14)9-12)17(23)21-18(24)22-19/h4-10H,1-3H2,(H2,21,22,23,24)/t19-/m0/s1. The first kappa shape index (κ1) is 13.7. The summed E-state index contributed by atoms with van der Waals surface area (Å²) in [6, 6.07) is 9.97. The molecular formula is C19H15FN2O2. The Bertz CT molecular complexity index is 920. The summed E-state index contributed by atoms with van der Waals surface area (Å²) >= 11 is 0. The van der Waals surface area contributed by atoms with E-state index < -0.39 is 23.3 Å². The van der Waals surface area contributed by atoms with Crippen molar-refractivity contribution in [3.8, 4) is 11.1 Å². The minimum atomic E-state index is -1.32. The van der Waals surface area contributed by atoms with Gasteiger partial charge in [-0.1, -0.05) is 30.7 Å². The predicted octanol–water partition coefficient (Wildman–Crippen LogP) is 3.16. The van der Waals surface area contributed by atoms with Crippen LogP contribution in [-0.2, 0) is 10.3 Å². The molecule has 120 valence electrons. The molecule has 1 aliphatic heterocycles. The third-order valence-corrected chi connectivity index (χ3v) is 5.57. The van der Waals surface area contributed by atoms with Crippen molar-refractivity contribution in [1.82, 2.24) is 10.6 Å². The highest BCUT2D eigenvalue weighted by Crippen LogP contribution is 2.50. The van der Waals surface area contributed by atoms with Crippen LogP contribution in [0.25, 0.3) is 11.1 Å². The van der Waals surface area contributed by atoms with Crippen LogP contribution in [0, 0.1) is 5.82 Å². The van der Waals surface area contributed by atoms with Gasteiger partial charge in [0, 0.05) is 5.56 Å². The lowest BCUT2D eigenvalue weighted by Crippen LogP contribution is -2.43. The topological polar surface area (TPSA) is 58.2 Å². The van der Waals surface area contributed by atoms with E-state index in [4.69, 9.17) is 0 Å². The SMILES string of the molecule is O=C1NC(=O)[C@@]2(N1)c1cc(F)ccc1-c1ccc(C3CCC3)cc12. The van der Waals surface area contributed by atoms with Crippen molar-refractivity contribution in [2.45, 2.75) is 30.7 Å². The molecule has 1 saturated carbocycles. The summed E-state index contributed by atoms with van der Waals surface area (Å²) < 4.78 is 13.9. The molecule has 5 rings (SSSR count). The van der Waals surface area contributed by atoms with Crippen molar-refractivity contribution in [2.24, 2.45) is 0 Å². The van der Waals surface area contributed by atoms with Crippen molar-refractivity contribution in [1.29, 1.82) is 0 Å². The highest BCUT2D eigenvalue weighted by atomic mass is 19.1. The molecule has 5 heteroatoms. The zero-order chi connectivity index (χ0) is 16.5. The summed E-state index contributed by atoms with van der Waals surface area (Å²) in [4.78, 5) is 24.6. The van der Waals surface area contributed by atoms with Gasteiger partial charge in [0.25, 0.3) is 5.91 Å². The van der Waals surface area contributed by atoms with Crippen molar-refractivity contribution in [3.05, 3.63) is 58.9 Å². The summed E-state index contributed by atoms with van der Waals surface area (Å²) in [5, 5.41) is 5.07. The van der Waals surface area contributed by atoms with Crippen LogP contribution in [0.2, 0.25) is 0 Å². The van der Waals surface area contributed by atoms with Crippen molar-refractivity contribution in [2.75, 3.05) is 0 Å². The summed E-state index contributed by atoms with van der Waals surface area (Å²) in [6.45, 7) is 0. The van der Waals surface area contributed by atoms with Gasteiger partial charge in [0.15, 0.2) is 5.54 Å². The van der Waals surface area contributed by atoms with Gasteiger partial charge in [-0.15, -0.1) is 0 Å². The van der Waals surface area contributed by atoms with Gasteiger partial charge in [0.05, 0.1) is 0 Å². The summed E-state index contributed by atoms with van der Waals surface area (Å²) in [6.07, 6.45) is 3.51. The van der Waals surface area contributed by atoms with Crippen LogP contribution in [0.4, 0.5) is 9.18 Å². The Kier molecular flexibility index (Phi) is 2.54. The Balaban J connectivity index is 1.79. The third kappa shape index (κ3) is 1.57. The van der Waals surface area contributed by atoms with E-state index in [-0.39, 0.29) is 0 Å². The maximum absolute atomic E-state index is 13.9. The minimum Gasteiger partial charge on any atom is -0.316 e. The fraction of sp³-hybridized carbons (Fsp3) is 0.263. The lowest BCUT2D eigenvalue weighted by molar-refractivity contribution is -0.122. The molecule has 0 radical (unpaired) electrons. The highest BCUT2D eigenvalue weighted by Gasteiger charge is 2.55. The number of rotatable bonds is 1. The largest absolute Gasteiger partial charge is 0.322 e. The average Bonchev–Trinajstić information content (AvgIpc) is 2.94. The number of hydrogen-bond donors (Lipinski definition) is 2. The van der Waals surface area contributed by atoms with Gasteiger partial charge in [-0.3, -0.25) is 10.1 Å². The molecule has 0 unspecified atom stereocenters. The first-order valence-corrected chi connectivity index (χ1v) is 8.18. The van der Waals surface area contributed by atoms with E-state index in [0.29, 0.717) is 11.5 Å². The molecule has 2 aliphatic carbocycles. The molecule has 2 aromatic carbocycles. The number of hydrogen-bond acceptors (Lipinski definition) is 2. The molecule has 1 atom stereocenters. The van der Waals surface area contributed by atoms with Crippen LogP contribution >= 0.6 is 0 Å². The number of imide groups is 1. The molecule has 24 heavy (non-hydrogen) atoms. The molecule has 2 fully saturated rings. The number of urea groups is 1. The molecule has 1 heterocycles. The predicted molar refractivity (Wildman–Crippen MR) is 85.9 cm³/mol. The second-order valence-corrected chi connectivity index (χ2v) is 6.78. The van der Waals surface area contributed by atoms with E-state index in [1.807, 2.05) is 12.1 Å². The Labute approximate surface area is 138 Å². The number of nitrogens with one attached hydrogen (secondary N) is 2. The maximum Gasteiger partial charge on any atom is 0.322 e. The fourth-order valence-electron chi connectivity index (χ4n) is 4.14. The van der Waals surface area contributed by atoms with Crippen LogP contribution in [0.3, 0.4) is 0 Å². The van der Waals surface area contributed by atoms with Gasteiger partial charge >= 0.3 is 6.03 Å². The lowest BCUT2D eigenvalue weighted by atomic mass is 9.78. The monoisotopic (exact) mass is 322 g/mol. The van der Waals surface area contributed by atoms with Gasteiger partial charge in [-0.25, -0.2) is 9.18 Å². The van der Waals surface area contributed by atoms with Crippen LogP contribution < -0.4 is 10.6 Å². The summed E-state index contributed by atoms with van der Waals surface area (Å²) in [5.74, 6) is -0.356. The van der Waals surface area contributed by atoms with E-state index in [2.05, 4.69) is 16.7 Å². The number of fused-ring (bicyclic) bond motifs is 5. The number of halogens is 1. The molecule has 2 aromatic rings. The molecule has 2 N–H and O–H groups in total. The van der Waals surface area contributed by atoms with Gasteiger partial charge in [0.2, 0.25) is 0 Å². The minimum absolute atomic E-state index is 0.422. The quantitative estimate of drug-likeness (QED) is 0.792. The van der Waals surface area contributed by atoms with Crippen LogP contribution in [0.1, 0.15) is 41.9 Å². The van der Waals surface area contributed by atoms with Crippen LogP contribution in [0.5, 0.6) is 0 Å². The van der Waals surface area contributed by atoms with E-state index in [9.17, 15) is 14.0 Å². The molecule has 0 bridgehead atoms. The molecule has 1 saturated heterocycles. The van der Waals surface area contributed by atoms with Crippen molar-refractivity contribution < 1.29 is 14.0 Å². The number of carbonyl (C=O) groups excluding carboxylic acids is 2. The Morgan fingerprint density at radius 2 is 1.71 bits per heavy atom. The second-order valence-electron chi connectivity index (χ2n) is 6.78. The van der Waals surface area contributed by atoms with Crippen LogP contribution in [-0.4, -0.2) is 11.9 Å². The highest BCUT2D eigenvalue weighted by molar-refractivity contribution is 6.13. The van der Waals surface area contributed by atoms with Gasteiger partial charge in [-0.05, 0) is 53.1 Å². The normalized spacial score (nSPS) is 24.4. The smallest absolute Gasteiger partial charge is 0.316 e. The van der Waals surface area contributed by atoms with Crippen molar-refractivity contribution >= 4 is 11.9 Å². The fourth-order valence-corrected chi connectivity index (χ4v) is 4.14. The third-order valence-electron chi connectivity index (χ3n) is 5.57. The van der Waals surface area contributed by atoms with E-state index in [1.165, 1.54) is 24.1 Å². The van der Waals surface area contributed by atoms with Crippen molar-refractivity contribution in [3.63, 3.8) is 0 Å². The number of amides is 3. The van der Waals surface area contributed by atoms with Gasteiger partial charge in [-0.2, -0.15) is 0 Å². The zero-order valence-corrected chi connectivity index (χ0v) is 12.9. The van der Waals surface area contributed by atoms with E-state index in [1.54, 1.807) is 6.07 Å². The first-order chi connectivity index (χ1) is 11.6. The van der Waals surface area contributed by atoms with Gasteiger partial charge < -0.3 is 5.32 Å². The molecule has 0 aromatic heterocycles. The Morgan fingerprint density at radius 1 is 1.00 bits per heavy atom. The average molecular weight is 322 g/mol. The van der Waals surface area contributed by atoms with E-state index in [0.717, 1.165) is 29.5 Å². The molecular weight excluding hydrogens is 307 g/mol. The Hall–Kier alpha value is -2.69. The number of benzene rings is 2. The van der Waals surface area contributed by atoms with Gasteiger partial charge in [0.1, 0.15) is 5.82 Å². The molecule has 3 aliphatic rings. The second kappa shape index (κ2) is 4.44. The maximum atomic E-state index is 13.9. The summed E-state index contributed by atoms with van der Waals surface area (Å²) in [5.41, 5.74) is 2.79. The first-order valence-electron chi connectivity index (χ1n) is 8.18. The lowest BCUT2D eigenvalue weighted by Gasteiger charge is -2.28.